The molecule has 0 radical (unpaired) electrons. The number of anilines is 1. The normalized spacial score (nSPS) is 16.5. The molecule has 1 aliphatic heterocycles. The summed E-state index contributed by atoms with van der Waals surface area (Å²) in [5.41, 5.74) is 2.21. The van der Waals surface area contributed by atoms with Gasteiger partial charge in [0.25, 0.3) is 5.91 Å². The lowest BCUT2D eigenvalue weighted by molar-refractivity contribution is 0.0951. The lowest BCUT2D eigenvalue weighted by atomic mass is 10.0. The van der Waals surface area contributed by atoms with Gasteiger partial charge in [0.15, 0.2) is 11.0 Å². The van der Waals surface area contributed by atoms with Crippen LogP contribution in [0.5, 0.6) is 5.88 Å². The molecule has 1 unspecified atom stereocenters. The number of aromatic nitrogens is 1. The van der Waals surface area contributed by atoms with Crippen LogP contribution in [0.25, 0.3) is 6.08 Å². The van der Waals surface area contributed by atoms with Crippen molar-refractivity contribution in [2.24, 2.45) is 0 Å². The van der Waals surface area contributed by atoms with Crippen molar-refractivity contribution in [2.45, 2.75) is 6.54 Å². The molecule has 7 nitrogen and oxygen atoms in total. The number of hydrogen-bond acceptors (Lipinski definition) is 5. The van der Waals surface area contributed by atoms with Crippen LogP contribution in [0.1, 0.15) is 31.8 Å². The number of amides is 1. The van der Waals surface area contributed by atoms with Gasteiger partial charge in [0.2, 0.25) is 11.7 Å². The molecule has 9 heteroatoms. The second-order valence-electron chi connectivity index (χ2n) is 7.26. The largest absolute Gasteiger partial charge is 0.481 e. The van der Waals surface area contributed by atoms with Crippen molar-refractivity contribution in [1.82, 2.24) is 10.3 Å². The van der Waals surface area contributed by atoms with E-state index in [9.17, 15) is 18.2 Å². The fourth-order valence-corrected chi connectivity index (χ4v) is 4.54. The third-order valence-electron chi connectivity index (χ3n) is 5.11. The van der Waals surface area contributed by atoms with Gasteiger partial charge in [0, 0.05) is 37.0 Å². The zero-order chi connectivity index (χ0) is 23.5. The van der Waals surface area contributed by atoms with Gasteiger partial charge < -0.3 is 10.1 Å². The second-order valence-corrected chi connectivity index (χ2v) is 8.75. The molecular weight excluding hydrogens is 445 g/mol. The highest BCUT2D eigenvalue weighted by molar-refractivity contribution is 7.91. The molecule has 2 heterocycles. The van der Waals surface area contributed by atoms with E-state index in [4.69, 9.17) is 4.74 Å². The van der Waals surface area contributed by atoms with Crippen LogP contribution < -0.4 is 14.4 Å². The van der Waals surface area contributed by atoms with Crippen LogP contribution in [0.15, 0.2) is 65.7 Å². The Balaban J connectivity index is 1.60. The molecule has 1 aliphatic rings. The summed E-state index contributed by atoms with van der Waals surface area (Å²) in [7, 11) is 1.34. The molecule has 1 amide bonds. The van der Waals surface area contributed by atoms with Crippen LogP contribution in [0.3, 0.4) is 0 Å². The number of allylic oxidation sites excluding steroid dienone is 1. The number of ketones is 1. The Morgan fingerprint density at radius 1 is 1.21 bits per heavy atom. The highest BCUT2D eigenvalue weighted by atomic mass is 32.2. The molecule has 0 saturated heterocycles. The third kappa shape index (κ3) is 4.68. The summed E-state index contributed by atoms with van der Waals surface area (Å²) in [5.74, 6) is -0.863. The van der Waals surface area contributed by atoms with E-state index in [-0.39, 0.29) is 28.5 Å². The Kier molecular flexibility index (Phi) is 6.32. The Labute approximate surface area is 192 Å². The Hall–Kier alpha value is -3.85. The summed E-state index contributed by atoms with van der Waals surface area (Å²) < 4.78 is 33.0. The van der Waals surface area contributed by atoms with Gasteiger partial charge in [0.1, 0.15) is 10.7 Å². The molecule has 2 aromatic carbocycles. The zero-order valence-electron chi connectivity index (χ0n) is 17.9. The van der Waals surface area contributed by atoms with E-state index in [1.807, 2.05) is 0 Å². The van der Waals surface area contributed by atoms with E-state index in [0.717, 1.165) is 5.56 Å². The molecule has 4 rings (SSSR count). The molecule has 3 aromatic rings. The monoisotopic (exact) mass is 465 g/mol. The molecule has 0 fully saturated rings. The first-order valence-electron chi connectivity index (χ1n) is 9.96. The number of pyridine rings is 1. The van der Waals surface area contributed by atoms with Crippen molar-refractivity contribution >= 4 is 34.4 Å². The van der Waals surface area contributed by atoms with Crippen molar-refractivity contribution in [3.8, 4) is 5.88 Å². The number of benzene rings is 2. The molecule has 1 N–H and O–H groups in total. The summed E-state index contributed by atoms with van der Waals surface area (Å²) in [6, 6.07) is 13.8. The smallest absolute Gasteiger partial charge is 0.251 e. The first-order chi connectivity index (χ1) is 15.9. The number of carbonyl (C=O) groups is 2. The Bertz CT molecular complexity index is 1310. The zero-order valence-corrected chi connectivity index (χ0v) is 18.7. The van der Waals surface area contributed by atoms with E-state index in [1.165, 1.54) is 41.8 Å². The van der Waals surface area contributed by atoms with Gasteiger partial charge in [-0.15, -0.1) is 0 Å². The van der Waals surface area contributed by atoms with Gasteiger partial charge >= 0.3 is 0 Å². The summed E-state index contributed by atoms with van der Waals surface area (Å²) in [4.78, 5) is 29.9. The number of carbonyl (C=O) groups excluding carboxylic acids is 2. The maximum Gasteiger partial charge on any atom is 0.251 e. The van der Waals surface area contributed by atoms with Gasteiger partial charge in [-0.05, 0) is 53.6 Å². The summed E-state index contributed by atoms with van der Waals surface area (Å²) in [6.45, 7) is 0.247. The predicted molar refractivity (Wildman–Crippen MR) is 124 cm³/mol. The lowest BCUT2D eigenvalue weighted by Gasteiger charge is -2.27. The van der Waals surface area contributed by atoms with Crippen molar-refractivity contribution in [2.75, 3.05) is 18.5 Å². The maximum absolute atomic E-state index is 13.6. The van der Waals surface area contributed by atoms with Gasteiger partial charge in [-0.2, -0.15) is 0 Å². The average Bonchev–Trinajstić information content (AvgIpc) is 2.83. The van der Waals surface area contributed by atoms with Crippen molar-refractivity contribution in [3.05, 3.63) is 93.8 Å². The average molecular weight is 466 g/mol. The number of Topliss-reactive ketones (excluding diaryl/α,β-unsaturated/α-hetero) is 1. The first-order valence-corrected chi connectivity index (χ1v) is 11.1. The second kappa shape index (κ2) is 9.33. The summed E-state index contributed by atoms with van der Waals surface area (Å²) in [5, 5.41) is 2.80. The van der Waals surface area contributed by atoms with Crippen LogP contribution >= 0.6 is 0 Å². The topological polar surface area (TPSA) is 88.6 Å². The molecule has 0 aliphatic carbocycles. The van der Waals surface area contributed by atoms with E-state index >= 15 is 0 Å². The van der Waals surface area contributed by atoms with Crippen molar-refractivity contribution < 1.29 is 22.9 Å². The van der Waals surface area contributed by atoms with E-state index in [0.29, 0.717) is 17.1 Å². The van der Waals surface area contributed by atoms with E-state index in [2.05, 4.69) is 10.3 Å². The van der Waals surface area contributed by atoms with Crippen LogP contribution in [-0.4, -0.2) is 35.0 Å². The van der Waals surface area contributed by atoms with Crippen LogP contribution in [0.4, 0.5) is 10.1 Å². The lowest BCUT2D eigenvalue weighted by Crippen LogP contribution is -2.32. The third-order valence-corrected chi connectivity index (χ3v) is 6.48. The maximum atomic E-state index is 13.6. The minimum absolute atomic E-state index is 0.0111. The fraction of sp³-hybridized carbons (Fsp3) is 0.125. The number of nitrogens with one attached hydrogen (secondary N) is 1. The quantitative estimate of drug-likeness (QED) is 0.583. The van der Waals surface area contributed by atoms with Crippen LogP contribution in [0.2, 0.25) is 0 Å². The van der Waals surface area contributed by atoms with E-state index in [1.54, 1.807) is 43.6 Å². The molecule has 1 aromatic heterocycles. The molecule has 0 bridgehead atoms. The predicted octanol–water partition coefficient (Wildman–Crippen LogP) is 3.50. The van der Waals surface area contributed by atoms with Gasteiger partial charge in [-0.3, -0.25) is 13.9 Å². The van der Waals surface area contributed by atoms with Crippen molar-refractivity contribution in [1.29, 1.82) is 0 Å². The van der Waals surface area contributed by atoms with Gasteiger partial charge in [-0.1, -0.05) is 12.1 Å². The molecule has 0 saturated carbocycles. The number of ether oxygens (including phenoxy) is 1. The minimum Gasteiger partial charge on any atom is -0.481 e. The number of hydrogen-bond donors (Lipinski definition) is 1. The summed E-state index contributed by atoms with van der Waals surface area (Å²) >= 11 is 0. The van der Waals surface area contributed by atoms with Crippen molar-refractivity contribution in [3.63, 3.8) is 0 Å². The standard InChI is InChI=1S/C24H20FN3O4S/c1-28-20-7-6-17(24(30)27-14-16-8-9-26-22(12-16)32-2)13-19(20)23(29)21(33(28)31)11-15-4-3-5-18(25)10-15/h3-13H,14H2,1-2H3,(H,27,30)/b21-11-. The molecule has 33 heavy (non-hydrogen) atoms. The molecule has 168 valence electrons. The highest BCUT2D eigenvalue weighted by Gasteiger charge is 2.32. The number of rotatable bonds is 5. The number of fused-ring (bicyclic) bond motifs is 1. The highest BCUT2D eigenvalue weighted by Crippen LogP contribution is 2.33. The SMILES string of the molecule is COc1cc(CNC(=O)c2ccc3c(c2)C(=O)/C(=C/c2cccc(F)c2)S(=O)N3C)ccn1. The summed E-state index contributed by atoms with van der Waals surface area (Å²) in [6.07, 6.45) is 2.99. The first kappa shape index (κ1) is 22.3. The van der Waals surface area contributed by atoms with Gasteiger partial charge in [0.05, 0.1) is 12.8 Å². The fourth-order valence-electron chi connectivity index (χ4n) is 3.40. The van der Waals surface area contributed by atoms with E-state index < -0.39 is 22.6 Å². The molecule has 1 atom stereocenters. The van der Waals surface area contributed by atoms with Gasteiger partial charge in [-0.25, -0.2) is 13.6 Å². The number of methoxy groups -OCH3 is 1. The molecule has 0 spiro atoms. The number of nitrogens with zero attached hydrogens (tertiary/aromatic N) is 2. The number of halogens is 1. The Morgan fingerprint density at radius 2 is 2.03 bits per heavy atom. The Morgan fingerprint density at radius 3 is 2.79 bits per heavy atom. The molecular formula is C24H20FN3O4S. The minimum atomic E-state index is -1.77. The van der Waals surface area contributed by atoms with Crippen LogP contribution in [0, 0.1) is 5.82 Å². The van der Waals surface area contributed by atoms with Crippen LogP contribution in [-0.2, 0) is 17.5 Å².